The van der Waals surface area contributed by atoms with Crippen molar-refractivity contribution < 1.29 is 17.9 Å². The molecule has 6 nitrogen and oxygen atoms in total. The fourth-order valence-corrected chi connectivity index (χ4v) is 9.23. The summed E-state index contributed by atoms with van der Waals surface area (Å²) in [4.78, 5) is 13.4. The summed E-state index contributed by atoms with van der Waals surface area (Å²) in [5.41, 5.74) is 2.61. The van der Waals surface area contributed by atoms with E-state index in [9.17, 15) is 13.2 Å². The smallest absolute Gasteiger partial charge is 0.264 e. The normalized spacial score (nSPS) is 25.0. The quantitative estimate of drug-likeness (QED) is 0.295. The van der Waals surface area contributed by atoms with Gasteiger partial charge in [-0.2, -0.15) is 0 Å². The van der Waals surface area contributed by atoms with Gasteiger partial charge in [-0.15, -0.1) is 0 Å². The number of sulfonamides is 1. The van der Waals surface area contributed by atoms with Gasteiger partial charge in [0.05, 0.1) is 17.2 Å². The molecular weight excluding hydrogens is 544 g/mol. The molecule has 4 aliphatic carbocycles. The van der Waals surface area contributed by atoms with E-state index in [-0.39, 0.29) is 10.3 Å². The number of hydrogen-bond donors (Lipinski definition) is 1. The molecule has 3 aromatic rings. The molecule has 40 heavy (non-hydrogen) atoms. The van der Waals surface area contributed by atoms with Crippen molar-refractivity contribution in [1.29, 1.82) is 0 Å². The van der Waals surface area contributed by atoms with Gasteiger partial charge in [0, 0.05) is 10.7 Å². The van der Waals surface area contributed by atoms with Crippen LogP contribution in [0.5, 0.6) is 5.75 Å². The molecule has 4 bridgehead atoms. The number of rotatable bonds is 9. The molecular formula is C32H35ClN2O4S. The fraction of sp³-hybridized carbons (Fsp3) is 0.406. The highest BCUT2D eigenvalue weighted by molar-refractivity contribution is 7.92. The van der Waals surface area contributed by atoms with E-state index in [2.05, 4.69) is 17.4 Å². The summed E-state index contributed by atoms with van der Waals surface area (Å²) in [5, 5.41) is 3.35. The number of hydrogen-bond acceptors (Lipinski definition) is 4. The largest absolute Gasteiger partial charge is 0.492 e. The van der Waals surface area contributed by atoms with Gasteiger partial charge in [0.2, 0.25) is 5.91 Å². The fourth-order valence-electron chi connectivity index (χ4n) is 7.68. The van der Waals surface area contributed by atoms with Crippen molar-refractivity contribution in [2.75, 3.05) is 22.8 Å². The van der Waals surface area contributed by atoms with E-state index in [0.29, 0.717) is 28.8 Å². The monoisotopic (exact) mass is 578 g/mol. The molecule has 0 aromatic heterocycles. The summed E-state index contributed by atoms with van der Waals surface area (Å²) in [6.45, 7) is 1.77. The van der Waals surface area contributed by atoms with Gasteiger partial charge >= 0.3 is 0 Å². The second-order valence-corrected chi connectivity index (χ2v) is 14.0. The molecule has 4 aliphatic rings. The van der Waals surface area contributed by atoms with Gasteiger partial charge in [-0.05, 0) is 123 Å². The van der Waals surface area contributed by atoms with Crippen LogP contribution in [-0.4, -0.2) is 27.5 Å². The van der Waals surface area contributed by atoms with Crippen LogP contribution >= 0.6 is 11.6 Å². The summed E-state index contributed by atoms with van der Waals surface area (Å²) in [5.74, 6) is 2.53. The first-order chi connectivity index (χ1) is 19.3. The van der Waals surface area contributed by atoms with Crippen molar-refractivity contribution in [3.05, 3.63) is 83.4 Å². The zero-order valence-corrected chi connectivity index (χ0v) is 24.3. The number of carbonyl (C=O) groups is 1. The van der Waals surface area contributed by atoms with E-state index in [1.165, 1.54) is 68.4 Å². The highest BCUT2D eigenvalue weighted by Crippen LogP contribution is 2.60. The van der Waals surface area contributed by atoms with Gasteiger partial charge in [-0.3, -0.25) is 9.10 Å². The van der Waals surface area contributed by atoms with Gasteiger partial charge in [0.1, 0.15) is 12.3 Å². The second kappa shape index (κ2) is 10.7. The lowest BCUT2D eigenvalue weighted by Gasteiger charge is -2.57. The zero-order chi connectivity index (χ0) is 27.9. The Kier molecular flexibility index (Phi) is 7.30. The van der Waals surface area contributed by atoms with E-state index >= 15 is 0 Å². The van der Waals surface area contributed by atoms with Crippen molar-refractivity contribution in [2.45, 2.75) is 55.8 Å². The Morgan fingerprint density at radius 1 is 0.925 bits per heavy atom. The van der Waals surface area contributed by atoms with Gasteiger partial charge in [-0.1, -0.05) is 35.9 Å². The maximum atomic E-state index is 13.8. The standard InChI is InChI=1S/C32H35ClN2O4S/c1-2-39-30-6-4-3-5-29(30)35(40(37,38)28-13-9-26(33)10-14-28)21-31(36)34-27-11-7-25(8-12-27)32-18-22-15-23(19-32)17-24(16-22)20-32/h3-14,22-24H,2,15-21H2,1H3,(H,34,36). The summed E-state index contributed by atoms with van der Waals surface area (Å²) < 4.78 is 34.4. The molecule has 8 heteroatoms. The minimum atomic E-state index is -4.10. The first kappa shape index (κ1) is 27.2. The molecule has 0 saturated heterocycles. The van der Waals surface area contributed by atoms with Crippen LogP contribution in [0.15, 0.2) is 77.7 Å². The number of halogens is 1. The number of carbonyl (C=O) groups excluding carboxylic acids is 1. The number of nitrogens with zero attached hydrogens (tertiary/aromatic N) is 1. The molecule has 0 spiro atoms. The average molecular weight is 579 g/mol. The molecule has 4 fully saturated rings. The van der Waals surface area contributed by atoms with Crippen LogP contribution in [0.3, 0.4) is 0 Å². The minimum Gasteiger partial charge on any atom is -0.492 e. The van der Waals surface area contributed by atoms with Crippen LogP contribution in [-0.2, 0) is 20.2 Å². The predicted octanol–water partition coefficient (Wildman–Crippen LogP) is 7.04. The molecule has 0 atom stereocenters. The average Bonchev–Trinajstić information content (AvgIpc) is 2.92. The third kappa shape index (κ3) is 5.21. The Balaban J connectivity index is 1.23. The van der Waals surface area contributed by atoms with Crippen molar-refractivity contribution in [3.63, 3.8) is 0 Å². The molecule has 0 radical (unpaired) electrons. The number of benzene rings is 3. The van der Waals surface area contributed by atoms with Gasteiger partial charge < -0.3 is 10.1 Å². The Morgan fingerprint density at radius 3 is 2.12 bits per heavy atom. The van der Waals surface area contributed by atoms with Gasteiger partial charge in [0.25, 0.3) is 10.0 Å². The highest BCUT2D eigenvalue weighted by atomic mass is 35.5. The lowest BCUT2D eigenvalue weighted by atomic mass is 9.48. The number of anilines is 2. The lowest BCUT2D eigenvalue weighted by Crippen LogP contribution is -2.48. The summed E-state index contributed by atoms with van der Waals surface area (Å²) in [7, 11) is -4.10. The van der Waals surface area contributed by atoms with Crippen LogP contribution < -0.4 is 14.4 Å². The Labute approximate surface area is 241 Å². The summed E-state index contributed by atoms with van der Waals surface area (Å²) in [6.07, 6.45) is 8.03. The Morgan fingerprint density at radius 2 is 1.52 bits per heavy atom. The predicted molar refractivity (Wildman–Crippen MR) is 159 cm³/mol. The van der Waals surface area contributed by atoms with Crippen molar-refractivity contribution >= 4 is 38.9 Å². The number of ether oxygens (including phenoxy) is 1. The van der Waals surface area contributed by atoms with E-state index < -0.39 is 22.5 Å². The third-order valence-corrected chi connectivity index (χ3v) is 11.0. The second-order valence-electron chi connectivity index (χ2n) is 11.7. The molecule has 1 N–H and O–H groups in total. The van der Waals surface area contributed by atoms with Crippen molar-refractivity contribution in [1.82, 2.24) is 0 Å². The minimum absolute atomic E-state index is 0.0379. The Bertz CT molecular complexity index is 1450. The molecule has 0 heterocycles. The maximum absolute atomic E-state index is 13.8. The Hall–Kier alpha value is -3.03. The summed E-state index contributed by atoms with van der Waals surface area (Å²) >= 11 is 6.00. The third-order valence-electron chi connectivity index (χ3n) is 8.94. The molecule has 0 unspecified atom stereocenters. The molecule has 4 saturated carbocycles. The van der Waals surface area contributed by atoms with E-state index in [1.54, 1.807) is 24.3 Å². The lowest BCUT2D eigenvalue weighted by molar-refractivity contribution is -0.114. The highest BCUT2D eigenvalue weighted by Gasteiger charge is 2.51. The van der Waals surface area contributed by atoms with Crippen LogP contribution in [0, 0.1) is 17.8 Å². The first-order valence-electron chi connectivity index (χ1n) is 14.2. The SMILES string of the molecule is CCOc1ccccc1N(CC(=O)Nc1ccc(C23CC4CC(CC(C4)C2)C3)cc1)S(=O)(=O)c1ccc(Cl)cc1. The number of para-hydroxylation sites is 2. The van der Waals surface area contributed by atoms with Gasteiger partial charge in [0.15, 0.2) is 0 Å². The van der Waals surface area contributed by atoms with Crippen LogP contribution in [0.1, 0.15) is 51.0 Å². The summed E-state index contributed by atoms with van der Waals surface area (Å²) in [6, 6.07) is 21.0. The number of nitrogens with one attached hydrogen (secondary N) is 1. The molecule has 1 amide bonds. The van der Waals surface area contributed by atoms with E-state index in [4.69, 9.17) is 16.3 Å². The van der Waals surface area contributed by atoms with E-state index in [0.717, 1.165) is 22.1 Å². The molecule has 210 valence electrons. The topological polar surface area (TPSA) is 75.7 Å². The zero-order valence-electron chi connectivity index (χ0n) is 22.7. The van der Waals surface area contributed by atoms with E-state index in [1.807, 2.05) is 19.1 Å². The van der Waals surface area contributed by atoms with Crippen molar-refractivity contribution in [2.24, 2.45) is 17.8 Å². The maximum Gasteiger partial charge on any atom is 0.264 e. The van der Waals surface area contributed by atoms with Crippen molar-refractivity contribution in [3.8, 4) is 5.75 Å². The molecule has 3 aromatic carbocycles. The first-order valence-corrected chi connectivity index (χ1v) is 16.0. The van der Waals surface area contributed by atoms with Crippen LogP contribution in [0.2, 0.25) is 5.02 Å². The van der Waals surface area contributed by atoms with Gasteiger partial charge in [-0.25, -0.2) is 8.42 Å². The molecule has 7 rings (SSSR count). The number of amides is 1. The van der Waals surface area contributed by atoms with Crippen LogP contribution in [0.25, 0.3) is 0 Å². The van der Waals surface area contributed by atoms with Crippen LogP contribution in [0.4, 0.5) is 11.4 Å². The molecule has 0 aliphatic heterocycles.